The van der Waals surface area contributed by atoms with Crippen molar-refractivity contribution in [3.8, 4) is 0 Å². The number of rotatable bonds is 5. The monoisotopic (exact) mass is 339 g/mol. The van der Waals surface area contributed by atoms with Gasteiger partial charge in [-0.2, -0.15) is 0 Å². The number of carbonyl (C=O) groups is 1. The molecule has 1 fully saturated rings. The van der Waals surface area contributed by atoms with Gasteiger partial charge in [-0.1, -0.05) is 24.3 Å². The van der Waals surface area contributed by atoms with Gasteiger partial charge < -0.3 is 10.6 Å². The second kappa shape index (κ2) is 6.25. The second-order valence-corrected chi connectivity index (χ2v) is 6.38. The van der Waals surface area contributed by atoms with Crippen LogP contribution in [0.15, 0.2) is 48.7 Å². The van der Waals surface area contributed by atoms with Crippen molar-refractivity contribution in [2.45, 2.75) is 13.0 Å². The maximum absolute atomic E-state index is 14.0. The Morgan fingerprint density at radius 3 is 2.76 bits per heavy atom. The van der Waals surface area contributed by atoms with Crippen LogP contribution in [0.2, 0.25) is 0 Å². The number of hydrogen-bond acceptors (Lipinski definition) is 4. The average molecular weight is 339 g/mol. The fraction of sp³-hybridized carbons (Fsp3) is 0.278. The topological polar surface area (TPSA) is 71.3 Å². The minimum absolute atomic E-state index is 0.0952. The van der Waals surface area contributed by atoms with E-state index >= 15 is 0 Å². The summed E-state index contributed by atoms with van der Waals surface area (Å²) in [6.45, 7) is 1.35. The second-order valence-electron chi connectivity index (χ2n) is 6.38. The van der Waals surface area contributed by atoms with Gasteiger partial charge in [0, 0.05) is 19.3 Å². The van der Waals surface area contributed by atoms with Crippen molar-refractivity contribution in [2.24, 2.45) is 5.41 Å². The van der Waals surface area contributed by atoms with Gasteiger partial charge in [0.25, 0.3) is 0 Å². The molecule has 7 heteroatoms. The summed E-state index contributed by atoms with van der Waals surface area (Å²) in [4.78, 5) is 12.8. The molecule has 1 aliphatic heterocycles. The Hall–Kier alpha value is -2.80. The van der Waals surface area contributed by atoms with Crippen LogP contribution in [0.25, 0.3) is 5.65 Å². The Morgan fingerprint density at radius 1 is 1.20 bits per heavy atom. The van der Waals surface area contributed by atoms with Gasteiger partial charge in [0.1, 0.15) is 5.82 Å². The number of nitrogens with one attached hydrogen (secondary N) is 2. The number of amides is 1. The molecule has 0 bridgehead atoms. The molecule has 1 aliphatic rings. The highest BCUT2D eigenvalue weighted by Crippen LogP contribution is 2.29. The van der Waals surface area contributed by atoms with E-state index in [4.69, 9.17) is 0 Å². The maximum atomic E-state index is 14.0. The Balaban J connectivity index is 1.48. The molecule has 0 saturated carbocycles. The van der Waals surface area contributed by atoms with E-state index in [2.05, 4.69) is 20.8 Å². The molecule has 1 amide bonds. The number of halogens is 1. The Kier molecular flexibility index (Phi) is 3.93. The van der Waals surface area contributed by atoms with Gasteiger partial charge >= 0.3 is 0 Å². The molecular formula is C18H18FN5O. The van der Waals surface area contributed by atoms with Crippen LogP contribution in [0.1, 0.15) is 11.4 Å². The number of aromatic nitrogens is 3. The molecule has 1 saturated heterocycles. The van der Waals surface area contributed by atoms with Crippen LogP contribution in [-0.4, -0.2) is 33.6 Å². The van der Waals surface area contributed by atoms with Crippen molar-refractivity contribution in [1.82, 2.24) is 25.2 Å². The lowest BCUT2D eigenvalue weighted by Gasteiger charge is -2.41. The number of hydrogen-bond donors (Lipinski definition) is 2. The average Bonchev–Trinajstić information content (AvgIpc) is 3.01. The highest BCUT2D eigenvalue weighted by atomic mass is 19.1. The smallest absolute Gasteiger partial charge is 0.229 e. The van der Waals surface area contributed by atoms with E-state index in [1.807, 2.05) is 28.8 Å². The van der Waals surface area contributed by atoms with Crippen LogP contribution >= 0.6 is 0 Å². The normalized spacial score (nSPS) is 15.7. The minimum Gasteiger partial charge on any atom is -0.348 e. The zero-order valence-electron chi connectivity index (χ0n) is 13.6. The molecule has 0 spiro atoms. The van der Waals surface area contributed by atoms with Crippen molar-refractivity contribution < 1.29 is 9.18 Å². The van der Waals surface area contributed by atoms with Crippen LogP contribution in [0, 0.1) is 11.2 Å². The lowest BCUT2D eigenvalue weighted by molar-refractivity contribution is -0.134. The van der Waals surface area contributed by atoms with Gasteiger partial charge in [0.15, 0.2) is 11.5 Å². The molecule has 2 N–H and O–H groups in total. The van der Waals surface area contributed by atoms with E-state index in [1.165, 1.54) is 6.07 Å². The molecule has 4 rings (SSSR count). The number of nitrogens with zero attached hydrogens (tertiary/aromatic N) is 3. The molecule has 1 aromatic carbocycles. The highest BCUT2D eigenvalue weighted by Gasteiger charge is 2.44. The summed E-state index contributed by atoms with van der Waals surface area (Å²) in [5.74, 6) is 0.296. The van der Waals surface area contributed by atoms with Gasteiger partial charge in [0.2, 0.25) is 5.91 Å². The third kappa shape index (κ3) is 2.87. The lowest BCUT2D eigenvalue weighted by atomic mass is 9.75. The summed E-state index contributed by atoms with van der Waals surface area (Å²) < 4.78 is 15.8. The van der Waals surface area contributed by atoms with Crippen LogP contribution in [0.5, 0.6) is 0 Å². The molecule has 0 unspecified atom stereocenters. The number of pyridine rings is 1. The first-order valence-electron chi connectivity index (χ1n) is 8.19. The summed E-state index contributed by atoms with van der Waals surface area (Å²) >= 11 is 0. The lowest BCUT2D eigenvalue weighted by Crippen LogP contribution is -2.62. The first-order valence-corrected chi connectivity index (χ1v) is 8.19. The fourth-order valence-corrected chi connectivity index (χ4v) is 3.16. The molecular weight excluding hydrogens is 321 g/mol. The quantitative estimate of drug-likeness (QED) is 0.735. The molecule has 128 valence electrons. The van der Waals surface area contributed by atoms with Gasteiger partial charge in [-0.3, -0.25) is 9.20 Å². The van der Waals surface area contributed by atoms with E-state index in [0.717, 1.165) is 5.65 Å². The van der Waals surface area contributed by atoms with Gasteiger partial charge in [-0.05, 0) is 30.2 Å². The van der Waals surface area contributed by atoms with E-state index < -0.39 is 5.41 Å². The van der Waals surface area contributed by atoms with Crippen molar-refractivity contribution in [3.05, 3.63) is 65.9 Å². The molecule has 3 heterocycles. The molecule has 6 nitrogen and oxygen atoms in total. The fourth-order valence-electron chi connectivity index (χ4n) is 3.16. The first kappa shape index (κ1) is 15.7. The van der Waals surface area contributed by atoms with E-state index in [9.17, 15) is 9.18 Å². The van der Waals surface area contributed by atoms with Crippen LogP contribution in [0.3, 0.4) is 0 Å². The van der Waals surface area contributed by atoms with Crippen molar-refractivity contribution >= 4 is 11.6 Å². The van der Waals surface area contributed by atoms with Crippen LogP contribution in [0.4, 0.5) is 4.39 Å². The third-order valence-electron chi connectivity index (χ3n) is 4.69. The zero-order valence-corrected chi connectivity index (χ0v) is 13.6. The molecule has 0 atom stereocenters. The maximum Gasteiger partial charge on any atom is 0.229 e. The summed E-state index contributed by atoms with van der Waals surface area (Å²) in [5.41, 5.74) is 0.674. The van der Waals surface area contributed by atoms with Crippen molar-refractivity contribution in [2.75, 3.05) is 13.1 Å². The SMILES string of the molecule is O=C(NCc1nnc2ccccn12)C1(Cc2ccccc2F)CNC1. The summed E-state index contributed by atoms with van der Waals surface area (Å²) in [5, 5.41) is 14.2. The highest BCUT2D eigenvalue weighted by molar-refractivity contribution is 5.84. The largest absolute Gasteiger partial charge is 0.348 e. The number of fused-ring (bicyclic) bond motifs is 1. The van der Waals surface area contributed by atoms with Crippen LogP contribution < -0.4 is 10.6 Å². The Morgan fingerprint density at radius 2 is 2.00 bits per heavy atom. The van der Waals surface area contributed by atoms with E-state index in [0.29, 0.717) is 30.9 Å². The molecule has 0 aliphatic carbocycles. The van der Waals surface area contributed by atoms with Gasteiger partial charge in [0.05, 0.1) is 12.0 Å². The standard InChI is InChI=1S/C18H18FN5O/c19-14-6-2-1-5-13(14)9-18(11-20-12-18)17(25)21-10-16-23-22-15-7-3-4-8-24(15)16/h1-8,20H,9-12H2,(H,21,25). The minimum atomic E-state index is -0.622. The molecule has 3 aromatic rings. The molecule has 2 aromatic heterocycles. The summed E-state index contributed by atoms with van der Waals surface area (Å²) in [7, 11) is 0. The predicted octanol–water partition coefficient (Wildman–Crippen LogP) is 1.32. The first-order chi connectivity index (χ1) is 12.2. The zero-order chi connectivity index (χ0) is 17.3. The summed E-state index contributed by atoms with van der Waals surface area (Å²) in [6.07, 6.45) is 2.23. The molecule has 25 heavy (non-hydrogen) atoms. The van der Waals surface area contributed by atoms with Crippen molar-refractivity contribution in [1.29, 1.82) is 0 Å². The van der Waals surface area contributed by atoms with Crippen LogP contribution in [-0.2, 0) is 17.8 Å². The number of benzene rings is 1. The van der Waals surface area contributed by atoms with Gasteiger partial charge in [-0.15, -0.1) is 10.2 Å². The van der Waals surface area contributed by atoms with E-state index in [1.54, 1.807) is 18.2 Å². The third-order valence-corrected chi connectivity index (χ3v) is 4.69. The van der Waals surface area contributed by atoms with Crippen molar-refractivity contribution in [3.63, 3.8) is 0 Å². The van der Waals surface area contributed by atoms with Gasteiger partial charge in [-0.25, -0.2) is 4.39 Å². The number of carbonyl (C=O) groups excluding carboxylic acids is 1. The Bertz CT molecular complexity index is 918. The van der Waals surface area contributed by atoms with E-state index in [-0.39, 0.29) is 18.3 Å². The predicted molar refractivity (Wildman–Crippen MR) is 90.2 cm³/mol. The Labute approximate surface area is 144 Å². The molecule has 0 radical (unpaired) electrons. The summed E-state index contributed by atoms with van der Waals surface area (Å²) in [6, 6.07) is 12.2.